The number of thiazole rings is 1. The molecule has 1 aliphatic heterocycles. The fourth-order valence-electron chi connectivity index (χ4n) is 3.88. The molecule has 0 saturated heterocycles. The summed E-state index contributed by atoms with van der Waals surface area (Å²) in [5.74, 6) is -1.11. The lowest BCUT2D eigenvalue weighted by Crippen LogP contribution is -2.29. The molecule has 0 radical (unpaired) electrons. The number of esters is 1. The molecule has 0 spiro atoms. The van der Waals surface area contributed by atoms with Gasteiger partial charge in [-0.25, -0.2) is 9.78 Å². The number of hydrogen-bond donors (Lipinski definition) is 0. The average Bonchev–Trinajstić information content (AvgIpc) is 3.31. The van der Waals surface area contributed by atoms with Crippen molar-refractivity contribution in [3.63, 3.8) is 0 Å². The number of fused-ring (bicyclic) bond motifs is 2. The molecule has 0 fully saturated rings. The van der Waals surface area contributed by atoms with E-state index in [0.717, 1.165) is 11.3 Å². The average molecular weight is 467 g/mol. The van der Waals surface area contributed by atoms with Crippen LogP contribution in [-0.2, 0) is 4.74 Å². The number of para-hydroxylation sites is 1. The van der Waals surface area contributed by atoms with Gasteiger partial charge >= 0.3 is 5.97 Å². The van der Waals surface area contributed by atoms with E-state index in [9.17, 15) is 14.4 Å². The first-order chi connectivity index (χ1) is 15.4. The Morgan fingerprint density at radius 1 is 1.19 bits per heavy atom. The zero-order valence-electron chi connectivity index (χ0n) is 16.9. The number of benzene rings is 2. The molecule has 7 nitrogen and oxygen atoms in total. The van der Waals surface area contributed by atoms with Gasteiger partial charge in [0.15, 0.2) is 10.6 Å². The number of carbonyl (C=O) groups is 2. The number of nitrogens with zero attached hydrogens (tertiary/aromatic N) is 2. The minimum absolute atomic E-state index is 0.0499. The van der Waals surface area contributed by atoms with E-state index in [1.54, 1.807) is 55.5 Å². The highest BCUT2D eigenvalue weighted by Crippen LogP contribution is 2.43. The second-order valence-electron chi connectivity index (χ2n) is 7.21. The van der Waals surface area contributed by atoms with Crippen molar-refractivity contribution in [2.45, 2.75) is 13.0 Å². The third kappa shape index (κ3) is 3.03. The Bertz CT molecular complexity index is 1480. The van der Waals surface area contributed by atoms with Crippen molar-refractivity contribution in [1.29, 1.82) is 0 Å². The monoisotopic (exact) mass is 466 g/mol. The Balaban J connectivity index is 1.79. The molecular formula is C23H15ClN2O5S. The maximum absolute atomic E-state index is 13.5. The number of rotatable bonds is 3. The number of ether oxygens (including phenoxy) is 1. The molecule has 1 aliphatic rings. The van der Waals surface area contributed by atoms with E-state index in [1.165, 1.54) is 12.0 Å². The van der Waals surface area contributed by atoms with Gasteiger partial charge in [-0.2, -0.15) is 0 Å². The van der Waals surface area contributed by atoms with Gasteiger partial charge in [-0.05, 0) is 36.8 Å². The zero-order valence-corrected chi connectivity index (χ0v) is 18.5. The highest BCUT2D eigenvalue weighted by atomic mass is 35.5. The Labute approximate surface area is 190 Å². The third-order valence-electron chi connectivity index (χ3n) is 5.30. The fourth-order valence-corrected chi connectivity index (χ4v) is 5.09. The first-order valence-electron chi connectivity index (χ1n) is 9.61. The van der Waals surface area contributed by atoms with Gasteiger partial charge in [0.25, 0.3) is 5.91 Å². The lowest BCUT2D eigenvalue weighted by atomic mass is 9.99. The first-order valence-corrected chi connectivity index (χ1v) is 10.8. The maximum atomic E-state index is 13.5. The molecule has 2 aromatic carbocycles. The molecule has 4 aromatic rings. The zero-order chi connectivity index (χ0) is 22.6. The van der Waals surface area contributed by atoms with Crippen LogP contribution in [0.4, 0.5) is 5.13 Å². The predicted molar refractivity (Wildman–Crippen MR) is 121 cm³/mol. The number of carbonyl (C=O) groups excluding carboxylic acids is 2. The number of amides is 1. The molecule has 0 bridgehead atoms. The second-order valence-corrected chi connectivity index (χ2v) is 8.62. The number of aromatic nitrogens is 1. The van der Waals surface area contributed by atoms with Crippen LogP contribution in [0, 0.1) is 6.92 Å². The summed E-state index contributed by atoms with van der Waals surface area (Å²) in [6.07, 6.45) is 0. The van der Waals surface area contributed by atoms with Crippen LogP contribution in [0.3, 0.4) is 0 Å². The molecule has 0 aliphatic carbocycles. The van der Waals surface area contributed by atoms with E-state index >= 15 is 0 Å². The van der Waals surface area contributed by atoms with E-state index in [1.807, 2.05) is 0 Å². The topological polar surface area (TPSA) is 89.7 Å². The maximum Gasteiger partial charge on any atom is 0.350 e. The smallest absolute Gasteiger partial charge is 0.350 e. The van der Waals surface area contributed by atoms with Gasteiger partial charge in [0.1, 0.15) is 10.5 Å². The molecule has 3 heterocycles. The molecule has 9 heteroatoms. The van der Waals surface area contributed by atoms with Crippen LogP contribution in [0.1, 0.15) is 43.1 Å². The second kappa shape index (κ2) is 7.58. The number of aryl methyl sites for hydroxylation is 1. The number of anilines is 1. The van der Waals surface area contributed by atoms with Crippen molar-refractivity contribution in [2.75, 3.05) is 12.0 Å². The summed E-state index contributed by atoms with van der Waals surface area (Å²) in [5.41, 5.74) is 1.28. The predicted octanol–water partition coefficient (Wildman–Crippen LogP) is 4.75. The molecule has 1 unspecified atom stereocenters. The van der Waals surface area contributed by atoms with Crippen molar-refractivity contribution < 1.29 is 18.7 Å². The van der Waals surface area contributed by atoms with Gasteiger partial charge in [0.2, 0.25) is 5.76 Å². The van der Waals surface area contributed by atoms with E-state index in [-0.39, 0.29) is 26.8 Å². The summed E-state index contributed by atoms with van der Waals surface area (Å²) < 4.78 is 10.7. The SMILES string of the molecule is COC(=O)c1sc(N2C(=O)c3oc4ccccc4c(=O)c3C2c2cccc(Cl)c2)nc1C. The molecule has 1 atom stereocenters. The van der Waals surface area contributed by atoms with Gasteiger partial charge in [0, 0.05) is 5.02 Å². The molecular weight excluding hydrogens is 452 g/mol. The number of methoxy groups -OCH3 is 1. The van der Waals surface area contributed by atoms with E-state index in [0.29, 0.717) is 27.2 Å². The van der Waals surface area contributed by atoms with Crippen molar-refractivity contribution in [2.24, 2.45) is 0 Å². The van der Waals surface area contributed by atoms with Crippen molar-refractivity contribution in [1.82, 2.24) is 4.98 Å². The van der Waals surface area contributed by atoms with E-state index < -0.39 is 17.9 Å². The van der Waals surface area contributed by atoms with E-state index in [4.69, 9.17) is 20.8 Å². The number of hydrogen-bond acceptors (Lipinski definition) is 7. The summed E-state index contributed by atoms with van der Waals surface area (Å²) >= 11 is 7.25. The van der Waals surface area contributed by atoms with Crippen LogP contribution in [-0.4, -0.2) is 24.0 Å². The van der Waals surface area contributed by atoms with Gasteiger partial charge in [-0.15, -0.1) is 0 Å². The summed E-state index contributed by atoms with van der Waals surface area (Å²) in [4.78, 5) is 45.2. The Morgan fingerprint density at radius 3 is 2.72 bits per heavy atom. The van der Waals surface area contributed by atoms with Crippen LogP contribution >= 0.6 is 22.9 Å². The third-order valence-corrected chi connectivity index (χ3v) is 6.68. The van der Waals surface area contributed by atoms with E-state index in [2.05, 4.69) is 4.98 Å². The first kappa shape index (κ1) is 20.4. The molecule has 5 rings (SSSR count). The molecule has 0 saturated carbocycles. The van der Waals surface area contributed by atoms with Crippen molar-refractivity contribution in [3.8, 4) is 0 Å². The Kier molecular flexibility index (Phi) is 4.83. The Hall–Kier alpha value is -3.49. The van der Waals surface area contributed by atoms with Crippen LogP contribution in [0.15, 0.2) is 57.7 Å². The standard InChI is InChI=1S/C23H15ClN2O5S/c1-11-20(22(29)30-2)32-23(25-11)26-17(12-6-5-7-13(24)10-12)16-18(27)14-8-3-4-9-15(14)31-19(16)21(26)28/h3-10,17H,1-2H3. The van der Waals surface area contributed by atoms with Gasteiger partial charge in [-0.3, -0.25) is 14.5 Å². The van der Waals surface area contributed by atoms with Gasteiger partial charge < -0.3 is 9.15 Å². The molecule has 160 valence electrons. The molecule has 0 N–H and O–H groups in total. The van der Waals surface area contributed by atoms with Crippen molar-refractivity contribution >= 4 is 50.9 Å². The quantitative estimate of drug-likeness (QED) is 0.405. The van der Waals surface area contributed by atoms with Crippen molar-refractivity contribution in [3.05, 3.63) is 91.2 Å². The molecule has 32 heavy (non-hydrogen) atoms. The summed E-state index contributed by atoms with van der Waals surface area (Å²) in [6.45, 7) is 1.66. The largest absolute Gasteiger partial charge is 0.465 e. The lowest BCUT2D eigenvalue weighted by Gasteiger charge is -2.22. The summed E-state index contributed by atoms with van der Waals surface area (Å²) in [5, 5.41) is 1.09. The van der Waals surface area contributed by atoms with Crippen LogP contribution in [0.2, 0.25) is 5.02 Å². The van der Waals surface area contributed by atoms with Gasteiger partial charge in [-0.1, -0.05) is 47.2 Å². The number of halogens is 1. The Morgan fingerprint density at radius 2 is 1.97 bits per heavy atom. The summed E-state index contributed by atoms with van der Waals surface area (Å²) in [6, 6.07) is 12.9. The lowest BCUT2D eigenvalue weighted by molar-refractivity contribution is 0.0605. The minimum atomic E-state index is -0.812. The highest BCUT2D eigenvalue weighted by molar-refractivity contribution is 7.17. The van der Waals surface area contributed by atoms with Crippen LogP contribution in [0.25, 0.3) is 11.0 Å². The van der Waals surface area contributed by atoms with Crippen LogP contribution in [0.5, 0.6) is 0 Å². The normalized spacial score (nSPS) is 15.3. The van der Waals surface area contributed by atoms with Crippen LogP contribution < -0.4 is 10.3 Å². The summed E-state index contributed by atoms with van der Waals surface area (Å²) in [7, 11) is 1.28. The van der Waals surface area contributed by atoms with Gasteiger partial charge in [0.05, 0.1) is 29.8 Å². The fraction of sp³-hybridized carbons (Fsp3) is 0.130. The highest BCUT2D eigenvalue weighted by Gasteiger charge is 2.45. The molecule has 1 amide bonds. The molecule has 2 aromatic heterocycles. The minimum Gasteiger partial charge on any atom is -0.465 e.